The molecule has 0 aliphatic rings. The number of anilines is 1. The van der Waals surface area contributed by atoms with Crippen LogP contribution in [0.2, 0.25) is 0 Å². The highest BCUT2D eigenvalue weighted by molar-refractivity contribution is 7.85. The van der Waals surface area contributed by atoms with Gasteiger partial charge in [0, 0.05) is 10.6 Å². The lowest BCUT2D eigenvalue weighted by atomic mass is 10.1. The average Bonchev–Trinajstić information content (AvgIpc) is 2.51. The van der Waals surface area contributed by atoms with Crippen molar-refractivity contribution in [2.75, 3.05) is 5.73 Å². The van der Waals surface area contributed by atoms with Gasteiger partial charge in [-0.15, -0.1) is 0 Å². The summed E-state index contributed by atoms with van der Waals surface area (Å²) in [5.41, 5.74) is -0.239. The van der Waals surface area contributed by atoms with Crippen molar-refractivity contribution in [3.05, 3.63) is 53.1 Å². The highest BCUT2D eigenvalue weighted by Gasteiger charge is 2.39. The predicted octanol–water partition coefficient (Wildman–Crippen LogP) is 5.49. The molecule has 12 heteroatoms. The summed E-state index contributed by atoms with van der Waals surface area (Å²) in [5, 5.41) is 0. The molecule has 0 radical (unpaired) electrons. The zero-order chi connectivity index (χ0) is 20.8. The Labute approximate surface area is 148 Å². The van der Waals surface area contributed by atoms with Crippen LogP contribution in [0, 0.1) is 0 Å². The highest BCUT2D eigenvalue weighted by atomic mass is 32.2. The van der Waals surface area contributed by atoms with Crippen molar-refractivity contribution in [2.45, 2.75) is 28.3 Å². The Morgan fingerprint density at radius 2 is 1.19 bits per heavy atom. The Kier molecular flexibility index (Phi) is 5.25. The molecule has 2 aromatic rings. The minimum Gasteiger partial charge on any atom is -0.399 e. The van der Waals surface area contributed by atoms with Gasteiger partial charge in [-0.05, 0) is 36.4 Å². The fourth-order valence-electron chi connectivity index (χ4n) is 2.09. The van der Waals surface area contributed by atoms with Crippen molar-refractivity contribution in [1.29, 1.82) is 0 Å². The van der Waals surface area contributed by atoms with Gasteiger partial charge in [-0.25, -0.2) is 4.21 Å². The van der Waals surface area contributed by atoms with Crippen molar-refractivity contribution in [1.82, 2.24) is 0 Å². The van der Waals surface area contributed by atoms with Crippen LogP contribution >= 0.6 is 0 Å². The number of hydrogen-bond donors (Lipinski definition) is 1. The summed E-state index contributed by atoms with van der Waals surface area (Å²) in [4.78, 5) is -2.09. The quantitative estimate of drug-likeness (QED) is 0.515. The van der Waals surface area contributed by atoms with E-state index in [1.165, 1.54) is 0 Å². The van der Waals surface area contributed by atoms with Crippen LogP contribution in [-0.4, -0.2) is 4.21 Å². The van der Waals surface area contributed by atoms with Gasteiger partial charge >= 0.3 is 18.5 Å². The third-order valence-electron chi connectivity index (χ3n) is 3.28. The van der Waals surface area contributed by atoms with E-state index in [0.717, 1.165) is 6.07 Å². The number of nitrogen functional groups attached to an aromatic ring is 1. The van der Waals surface area contributed by atoms with Crippen LogP contribution in [0.15, 0.2) is 46.2 Å². The van der Waals surface area contributed by atoms with E-state index in [-0.39, 0.29) is 23.9 Å². The van der Waals surface area contributed by atoms with E-state index in [0.29, 0.717) is 12.1 Å². The van der Waals surface area contributed by atoms with Crippen LogP contribution in [0.3, 0.4) is 0 Å². The first-order valence-corrected chi connectivity index (χ1v) is 7.93. The van der Waals surface area contributed by atoms with Crippen molar-refractivity contribution >= 4 is 16.5 Å². The predicted molar refractivity (Wildman–Crippen MR) is 77.0 cm³/mol. The standard InChI is InChI=1S/C15H8F9NOS/c16-13(17,18)7-3-8(14(19,20)21)5-10(4-7)27(26)12-2-1-9(25)6-11(12)15(22,23)24/h1-6H,25H2. The summed E-state index contributed by atoms with van der Waals surface area (Å²) in [5.74, 6) is 0. The van der Waals surface area contributed by atoms with Gasteiger partial charge in [0.05, 0.1) is 32.4 Å². The lowest BCUT2D eigenvalue weighted by molar-refractivity contribution is -0.143. The van der Waals surface area contributed by atoms with Gasteiger partial charge in [0.2, 0.25) is 0 Å². The summed E-state index contributed by atoms with van der Waals surface area (Å²) < 4.78 is 129. The van der Waals surface area contributed by atoms with Crippen molar-refractivity contribution in [3.8, 4) is 0 Å². The second kappa shape index (κ2) is 6.73. The Bertz CT molecular complexity index is 852. The SMILES string of the molecule is Nc1ccc(S(=O)c2cc(C(F)(F)F)cc(C(F)(F)F)c2)c(C(F)(F)F)c1. The molecule has 1 atom stereocenters. The first kappa shape index (κ1) is 21.1. The molecule has 0 heterocycles. The summed E-state index contributed by atoms with van der Waals surface area (Å²) in [6.07, 6.45) is -15.5. The van der Waals surface area contributed by atoms with Crippen molar-refractivity contribution in [2.24, 2.45) is 0 Å². The summed E-state index contributed by atoms with van der Waals surface area (Å²) in [7, 11) is -2.98. The summed E-state index contributed by atoms with van der Waals surface area (Å²) in [6, 6.07) is 1.95. The van der Waals surface area contributed by atoms with Crippen LogP contribution < -0.4 is 5.73 Å². The van der Waals surface area contributed by atoms with E-state index in [9.17, 15) is 43.7 Å². The lowest BCUT2D eigenvalue weighted by Crippen LogP contribution is -2.14. The first-order valence-electron chi connectivity index (χ1n) is 6.78. The van der Waals surface area contributed by atoms with E-state index in [2.05, 4.69) is 0 Å². The van der Waals surface area contributed by atoms with Crippen molar-refractivity contribution < 1.29 is 43.7 Å². The summed E-state index contributed by atoms with van der Waals surface area (Å²) in [6.45, 7) is 0. The number of alkyl halides is 9. The number of rotatable bonds is 2. The molecule has 0 bridgehead atoms. The van der Waals surface area contributed by atoms with Crippen LogP contribution in [0.25, 0.3) is 0 Å². The molecule has 0 saturated heterocycles. The van der Waals surface area contributed by atoms with Crippen LogP contribution in [-0.2, 0) is 29.3 Å². The second-order valence-electron chi connectivity index (χ2n) is 5.26. The molecule has 0 aromatic heterocycles. The monoisotopic (exact) mass is 421 g/mol. The molecular formula is C15H8F9NOS. The third-order valence-corrected chi connectivity index (χ3v) is 4.70. The number of nitrogens with two attached hydrogens (primary N) is 1. The maximum Gasteiger partial charge on any atom is 0.417 e. The van der Waals surface area contributed by atoms with E-state index < -0.39 is 55.8 Å². The molecule has 1 unspecified atom stereocenters. The zero-order valence-corrected chi connectivity index (χ0v) is 13.6. The molecule has 2 N–H and O–H groups in total. The largest absolute Gasteiger partial charge is 0.417 e. The topological polar surface area (TPSA) is 43.1 Å². The number of halogens is 9. The highest BCUT2D eigenvalue weighted by Crippen LogP contribution is 2.40. The summed E-state index contributed by atoms with van der Waals surface area (Å²) >= 11 is 0. The van der Waals surface area contributed by atoms with E-state index in [4.69, 9.17) is 5.73 Å². The maximum absolute atomic E-state index is 13.1. The number of hydrogen-bond acceptors (Lipinski definition) is 2. The van der Waals surface area contributed by atoms with Gasteiger partial charge in [-0.3, -0.25) is 0 Å². The second-order valence-corrected chi connectivity index (χ2v) is 6.71. The molecule has 2 aromatic carbocycles. The fraction of sp³-hybridized carbons (Fsp3) is 0.200. The molecule has 2 nitrogen and oxygen atoms in total. The molecule has 0 aliphatic heterocycles. The molecule has 0 aliphatic carbocycles. The Balaban J connectivity index is 2.71. The van der Waals surface area contributed by atoms with Gasteiger partial charge in [-0.2, -0.15) is 39.5 Å². The average molecular weight is 421 g/mol. The molecule has 148 valence electrons. The van der Waals surface area contributed by atoms with Crippen LogP contribution in [0.4, 0.5) is 45.2 Å². The van der Waals surface area contributed by atoms with Gasteiger partial charge in [-0.1, -0.05) is 0 Å². The van der Waals surface area contributed by atoms with Gasteiger partial charge < -0.3 is 5.73 Å². The van der Waals surface area contributed by atoms with Gasteiger partial charge in [0.25, 0.3) is 0 Å². The molecule has 2 rings (SSSR count). The Morgan fingerprint density at radius 1 is 0.704 bits per heavy atom. The molecule has 0 amide bonds. The van der Waals surface area contributed by atoms with E-state index >= 15 is 0 Å². The van der Waals surface area contributed by atoms with Gasteiger partial charge in [0.1, 0.15) is 0 Å². The Hall–Kier alpha value is -2.24. The molecular weight excluding hydrogens is 413 g/mol. The molecule has 0 spiro atoms. The van der Waals surface area contributed by atoms with Crippen LogP contribution in [0.1, 0.15) is 16.7 Å². The third kappa shape index (κ3) is 4.73. The maximum atomic E-state index is 13.1. The molecule has 0 fully saturated rings. The van der Waals surface area contributed by atoms with Crippen molar-refractivity contribution in [3.63, 3.8) is 0 Å². The van der Waals surface area contributed by atoms with Crippen LogP contribution in [0.5, 0.6) is 0 Å². The minimum atomic E-state index is -5.23. The van der Waals surface area contributed by atoms with E-state index in [1.807, 2.05) is 0 Å². The zero-order valence-electron chi connectivity index (χ0n) is 12.8. The number of benzene rings is 2. The molecule has 0 saturated carbocycles. The normalized spacial score (nSPS) is 14.3. The Morgan fingerprint density at radius 3 is 1.59 bits per heavy atom. The first-order chi connectivity index (χ1) is 12.1. The lowest BCUT2D eigenvalue weighted by Gasteiger charge is -2.16. The van der Waals surface area contributed by atoms with E-state index in [1.54, 1.807) is 0 Å². The molecule has 27 heavy (non-hydrogen) atoms. The van der Waals surface area contributed by atoms with Gasteiger partial charge in [0.15, 0.2) is 0 Å². The smallest absolute Gasteiger partial charge is 0.399 e. The minimum absolute atomic E-state index is 0.113. The fourth-order valence-corrected chi connectivity index (χ4v) is 3.38.